The summed E-state index contributed by atoms with van der Waals surface area (Å²) in [5.74, 6) is -5.51. The first kappa shape index (κ1) is 12.8. The molecule has 0 fully saturated rings. The Morgan fingerprint density at radius 2 is 2.19 bits per heavy atom. The molecule has 0 spiro atoms. The molecule has 0 saturated heterocycles. The van der Waals surface area contributed by atoms with Crippen molar-refractivity contribution in [3.8, 4) is 0 Å². The molecule has 1 heterocycles. The maximum absolute atomic E-state index is 13.0. The van der Waals surface area contributed by atoms with Crippen LogP contribution in [0, 0.1) is 17.6 Å². The zero-order valence-corrected chi connectivity index (χ0v) is 8.60. The number of carboxylic acid groups (broad SMARTS) is 1. The minimum atomic E-state index is -1.44. The van der Waals surface area contributed by atoms with Gasteiger partial charge < -0.3 is 10.8 Å². The Morgan fingerprint density at radius 3 is 2.75 bits per heavy atom. The summed E-state index contributed by atoms with van der Waals surface area (Å²) in [6.07, 6.45) is 0.521. The third kappa shape index (κ3) is 2.86. The van der Waals surface area contributed by atoms with Crippen molar-refractivity contribution in [1.29, 1.82) is 0 Å². The van der Waals surface area contributed by atoms with Crippen LogP contribution in [0.2, 0.25) is 0 Å². The largest absolute Gasteiger partial charge is 0.480 e. The van der Waals surface area contributed by atoms with E-state index < -0.39 is 34.5 Å². The number of nitrogens with two attached hydrogens (primary N) is 1. The molecule has 0 bridgehead atoms. The Morgan fingerprint density at radius 1 is 1.56 bits per heavy atom. The van der Waals surface area contributed by atoms with Gasteiger partial charge in [0.25, 0.3) is 0 Å². The summed E-state index contributed by atoms with van der Waals surface area (Å²) in [6, 6.07) is -1.28. The Bertz CT molecular complexity index is 417. The number of pyridine rings is 1. The standard InChI is InChI=1S/C8H7F3N2O2S/c9-3-1-13-7(11)5(10)6(3)16-2-4(12)8(14)15/h1,4H,2,12H2,(H,14,15). The number of halogens is 3. The molecule has 1 unspecified atom stereocenters. The number of thioether (sulfide) groups is 1. The maximum Gasteiger partial charge on any atom is 0.321 e. The number of aliphatic carboxylic acids is 1. The lowest BCUT2D eigenvalue weighted by atomic mass is 10.4. The quantitative estimate of drug-likeness (QED) is 0.617. The molecule has 1 aromatic heterocycles. The fourth-order valence-corrected chi connectivity index (χ4v) is 1.69. The van der Waals surface area contributed by atoms with Crippen LogP contribution in [-0.4, -0.2) is 27.9 Å². The maximum atomic E-state index is 13.0. The molecule has 1 aromatic rings. The number of aromatic nitrogens is 1. The van der Waals surface area contributed by atoms with Crippen molar-refractivity contribution in [3.05, 3.63) is 23.8 Å². The predicted molar refractivity (Wildman–Crippen MR) is 50.4 cm³/mol. The van der Waals surface area contributed by atoms with Crippen LogP contribution in [0.15, 0.2) is 11.1 Å². The van der Waals surface area contributed by atoms with Crippen molar-refractivity contribution in [3.63, 3.8) is 0 Å². The van der Waals surface area contributed by atoms with Crippen molar-refractivity contribution in [2.45, 2.75) is 10.9 Å². The second-order valence-electron chi connectivity index (χ2n) is 2.80. The average Bonchev–Trinajstić information content (AvgIpc) is 2.23. The third-order valence-electron chi connectivity index (χ3n) is 1.61. The van der Waals surface area contributed by atoms with Gasteiger partial charge in [-0.2, -0.15) is 4.39 Å². The second-order valence-corrected chi connectivity index (χ2v) is 3.83. The molecule has 1 rings (SSSR count). The second kappa shape index (κ2) is 5.17. The Hall–Kier alpha value is -1.28. The van der Waals surface area contributed by atoms with Crippen LogP contribution in [0.3, 0.4) is 0 Å². The minimum Gasteiger partial charge on any atom is -0.480 e. The normalized spacial score (nSPS) is 12.5. The number of nitrogens with zero attached hydrogens (tertiary/aromatic N) is 1. The van der Waals surface area contributed by atoms with Gasteiger partial charge in [-0.15, -0.1) is 11.8 Å². The molecule has 0 aliphatic carbocycles. The predicted octanol–water partition coefficient (Wildman–Crippen LogP) is 1.00. The molecule has 88 valence electrons. The van der Waals surface area contributed by atoms with Gasteiger partial charge in [-0.25, -0.2) is 13.8 Å². The van der Waals surface area contributed by atoms with Crippen LogP contribution >= 0.6 is 11.8 Å². The van der Waals surface area contributed by atoms with Crippen LogP contribution in [0.1, 0.15) is 0 Å². The summed E-state index contributed by atoms with van der Waals surface area (Å²) < 4.78 is 38.7. The number of rotatable bonds is 4. The van der Waals surface area contributed by atoms with Gasteiger partial charge in [0.05, 0.1) is 11.1 Å². The fraction of sp³-hybridized carbons (Fsp3) is 0.250. The summed E-state index contributed by atoms with van der Waals surface area (Å²) in [5.41, 5.74) is 5.13. The minimum absolute atomic E-state index is 0.271. The molecular formula is C8H7F3N2O2S. The van der Waals surface area contributed by atoms with E-state index in [0.29, 0.717) is 18.0 Å². The van der Waals surface area contributed by atoms with Crippen LogP contribution in [-0.2, 0) is 4.79 Å². The van der Waals surface area contributed by atoms with Crippen molar-refractivity contribution in [2.75, 3.05) is 5.75 Å². The molecule has 0 aliphatic heterocycles. The number of carboxylic acids is 1. The molecule has 0 radical (unpaired) electrons. The summed E-state index contributed by atoms with van der Waals surface area (Å²) in [7, 11) is 0. The van der Waals surface area contributed by atoms with E-state index in [2.05, 4.69) is 4.98 Å². The molecular weight excluding hydrogens is 245 g/mol. The van der Waals surface area contributed by atoms with Gasteiger partial charge in [0.2, 0.25) is 5.95 Å². The van der Waals surface area contributed by atoms with Gasteiger partial charge in [-0.1, -0.05) is 0 Å². The molecule has 4 nitrogen and oxygen atoms in total. The summed E-state index contributed by atoms with van der Waals surface area (Å²) in [6.45, 7) is 0. The van der Waals surface area contributed by atoms with E-state index in [1.807, 2.05) is 0 Å². The molecule has 3 N–H and O–H groups in total. The van der Waals surface area contributed by atoms with Crippen molar-refractivity contribution in [1.82, 2.24) is 4.98 Å². The van der Waals surface area contributed by atoms with Crippen LogP contribution in [0.5, 0.6) is 0 Å². The number of hydrogen-bond donors (Lipinski definition) is 2. The highest BCUT2D eigenvalue weighted by Crippen LogP contribution is 2.25. The van der Waals surface area contributed by atoms with E-state index in [1.165, 1.54) is 0 Å². The Balaban J connectivity index is 2.81. The number of hydrogen-bond acceptors (Lipinski definition) is 4. The lowest BCUT2D eigenvalue weighted by molar-refractivity contribution is -0.137. The molecule has 1 atom stereocenters. The monoisotopic (exact) mass is 252 g/mol. The highest BCUT2D eigenvalue weighted by atomic mass is 32.2. The van der Waals surface area contributed by atoms with Gasteiger partial charge in [0.1, 0.15) is 6.04 Å². The van der Waals surface area contributed by atoms with Crippen molar-refractivity contribution in [2.24, 2.45) is 5.73 Å². The number of carbonyl (C=O) groups is 1. The summed E-state index contributed by atoms with van der Waals surface area (Å²) >= 11 is 0.488. The zero-order chi connectivity index (χ0) is 12.3. The average molecular weight is 252 g/mol. The molecule has 0 saturated carbocycles. The lowest BCUT2D eigenvalue weighted by Gasteiger charge is -2.07. The van der Waals surface area contributed by atoms with E-state index >= 15 is 0 Å². The molecule has 16 heavy (non-hydrogen) atoms. The van der Waals surface area contributed by atoms with E-state index in [4.69, 9.17) is 10.8 Å². The zero-order valence-electron chi connectivity index (χ0n) is 7.78. The molecule has 0 amide bonds. The summed E-state index contributed by atoms with van der Waals surface area (Å²) in [4.78, 5) is 12.5. The smallest absolute Gasteiger partial charge is 0.321 e. The molecule has 8 heteroatoms. The van der Waals surface area contributed by atoms with E-state index in [0.717, 1.165) is 0 Å². The van der Waals surface area contributed by atoms with Crippen molar-refractivity contribution < 1.29 is 23.1 Å². The van der Waals surface area contributed by atoms with E-state index in [1.54, 1.807) is 0 Å². The Labute approximate surface area is 92.7 Å². The topological polar surface area (TPSA) is 76.2 Å². The van der Waals surface area contributed by atoms with Gasteiger partial charge in [0, 0.05) is 5.75 Å². The lowest BCUT2D eigenvalue weighted by Crippen LogP contribution is -2.32. The highest BCUT2D eigenvalue weighted by molar-refractivity contribution is 7.99. The van der Waals surface area contributed by atoms with E-state index in [9.17, 15) is 18.0 Å². The van der Waals surface area contributed by atoms with Crippen LogP contribution in [0.4, 0.5) is 13.2 Å². The third-order valence-corrected chi connectivity index (χ3v) is 2.80. The Kier molecular flexibility index (Phi) is 4.13. The van der Waals surface area contributed by atoms with Gasteiger partial charge >= 0.3 is 5.97 Å². The first-order chi connectivity index (χ1) is 7.43. The van der Waals surface area contributed by atoms with Crippen LogP contribution < -0.4 is 5.73 Å². The summed E-state index contributed by atoms with van der Waals surface area (Å²) in [5, 5.41) is 8.44. The first-order valence-corrected chi connectivity index (χ1v) is 5.02. The SMILES string of the molecule is NC(CSc1c(F)cnc(F)c1F)C(=O)O. The molecule has 0 aliphatic rings. The first-order valence-electron chi connectivity index (χ1n) is 4.04. The van der Waals surface area contributed by atoms with Crippen molar-refractivity contribution >= 4 is 17.7 Å². The highest BCUT2D eigenvalue weighted by Gasteiger charge is 2.18. The van der Waals surface area contributed by atoms with Gasteiger partial charge in [-0.05, 0) is 0 Å². The molecule has 0 aromatic carbocycles. The van der Waals surface area contributed by atoms with Crippen LogP contribution in [0.25, 0.3) is 0 Å². The fourth-order valence-electron chi connectivity index (χ4n) is 0.804. The van der Waals surface area contributed by atoms with E-state index in [-0.39, 0.29) is 5.75 Å². The van der Waals surface area contributed by atoms with Gasteiger partial charge in [0.15, 0.2) is 11.6 Å². The van der Waals surface area contributed by atoms with Gasteiger partial charge in [-0.3, -0.25) is 4.79 Å².